The molecule has 4 nitrogen and oxygen atoms in total. The Morgan fingerprint density at radius 1 is 1.42 bits per heavy atom. The third kappa shape index (κ3) is 3.29. The Morgan fingerprint density at radius 3 is 2.89 bits per heavy atom. The Kier molecular flexibility index (Phi) is 4.12. The monoisotopic (exact) mass is 257 g/mol. The van der Waals surface area contributed by atoms with Crippen molar-refractivity contribution in [2.75, 3.05) is 6.54 Å². The van der Waals surface area contributed by atoms with Crippen LogP contribution in [0.2, 0.25) is 0 Å². The van der Waals surface area contributed by atoms with Gasteiger partial charge in [-0.3, -0.25) is 9.36 Å². The van der Waals surface area contributed by atoms with Crippen LogP contribution in [0.5, 0.6) is 0 Å². The number of nitrogens with zero attached hydrogens (tertiary/aromatic N) is 2. The molecule has 100 valence electrons. The van der Waals surface area contributed by atoms with Gasteiger partial charge in [-0.1, -0.05) is 32.6 Å². The van der Waals surface area contributed by atoms with Crippen molar-refractivity contribution < 1.29 is 0 Å². The number of aromatic nitrogens is 2. The minimum absolute atomic E-state index is 0.0173. The lowest BCUT2D eigenvalue weighted by Gasteiger charge is -2.12. The molecule has 0 aliphatic heterocycles. The zero-order chi connectivity index (χ0) is 13.8. The minimum Gasteiger partial charge on any atom is -0.311 e. The number of fused-ring (bicyclic) bond motifs is 1. The molecule has 1 aromatic carbocycles. The Balaban J connectivity index is 2.20. The second-order valence-corrected chi connectivity index (χ2v) is 4.98. The van der Waals surface area contributed by atoms with Gasteiger partial charge in [-0.2, -0.15) is 0 Å². The van der Waals surface area contributed by atoms with Crippen molar-refractivity contribution in [2.24, 2.45) is 0 Å². The Bertz CT molecular complexity index is 643. The zero-order valence-electron chi connectivity index (χ0n) is 11.4. The summed E-state index contributed by atoms with van der Waals surface area (Å²) in [6, 6.07) is 7.78. The van der Waals surface area contributed by atoms with Crippen LogP contribution in [0.3, 0.4) is 0 Å². The molecule has 0 amide bonds. The second-order valence-electron chi connectivity index (χ2n) is 4.98. The summed E-state index contributed by atoms with van der Waals surface area (Å²) in [5.41, 5.74) is 1.68. The molecular weight excluding hydrogens is 238 g/mol. The Morgan fingerprint density at radius 2 is 2.16 bits per heavy atom. The van der Waals surface area contributed by atoms with Gasteiger partial charge in [0.25, 0.3) is 5.56 Å². The highest BCUT2D eigenvalue weighted by Crippen LogP contribution is 2.05. The van der Waals surface area contributed by atoms with Crippen LogP contribution < -0.4 is 10.9 Å². The highest BCUT2D eigenvalue weighted by Gasteiger charge is 2.04. The van der Waals surface area contributed by atoms with Gasteiger partial charge in [0.2, 0.25) is 0 Å². The number of hydrogen-bond acceptors (Lipinski definition) is 3. The van der Waals surface area contributed by atoms with Crippen LogP contribution in [-0.2, 0) is 6.54 Å². The maximum absolute atomic E-state index is 12.3. The highest BCUT2D eigenvalue weighted by atomic mass is 16.1. The van der Waals surface area contributed by atoms with E-state index in [-0.39, 0.29) is 5.56 Å². The van der Waals surface area contributed by atoms with E-state index in [4.69, 9.17) is 0 Å². The van der Waals surface area contributed by atoms with Gasteiger partial charge in [-0.25, -0.2) is 4.98 Å². The molecule has 0 spiro atoms. The summed E-state index contributed by atoms with van der Waals surface area (Å²) in [6.45, 7) is 9.36. The number of hydrogen-bond donors (Lipinski definition) is 1. The van der Waals surface area contributed by atoms with Crippen molar-refractivity contribution in [1.82, 2.24) is 14.9 Å². The number of para-hydroxylation sites is 1. The molecule has 1 heterocycles. The van der Waals surface area contributed by atoms with Crippen molar-refractivity contribution in [2.45, 2.75) is 26.4 Å². The van der Waals surface area contributed by atoms with Gasteiger partial charge in [0.05, 0.1) is 17.2 Å². The maximum atomic E-state index is 12.3. The van der Waals surface area contributed by atoms with Crippen LogP contribution in [0.15, 0.2) is 47.5 Å². The molecule has 0 saturated heterocycles. The summed E-state index contributed by atoms with van der Waals surface area (Å²) >= 11 is 0. The smallest absolute Gasteiger partial charge is 0.261 e. The molecule has 0 fully saturated rings. The van der Waals surface area contributed by atoms with E-state index in [1.54, 1.807) is 17.0 Å². The van der Waals surface area contributed by atoms with Crippen molar-refractivity contribution in [3.8, 4) is 0 Å². The van der Waals surface area contributed by atoms with Crippen LogP contribution in [-0.4, -0.2) is 22.1 Å². The van der Waals surface area contributed by atoms with Crippen molar-refractivity contribution in [3.63, 3.8) is 0 Å². The normalized spacial score (nSPS) is 11.1. The molecule has 0 bridgehead atoms. The van der Waals surface area contributed by atoms with Gasteiger partial charge in [0.1, 0.15) is 0 Å². The molecule has 2 aromatic rings. The number of nitrogens with one attached hydrogen (secondary N) is 1. The van der Waals surface area contributed by atoms with E-state index < -0.39 is 0 Å². The first-order valence-electron chi connectivity index (χ1n) is 6.42. The molecule has 0 atom stereocenters. The van der Waals surface area contributed by atoms with Crippen molar-refractivity contribution in [1.29, 1.82) is 0 Å². The topological polar surface area (TPSA) is 46.9 Å². The largest absolute Gasteiger partial charge is 0.311 e. The number of benzene rings is 1. The average Bonchev–Trinajstić information content (AvgIpc) is 2.40. The lowest BCUT2D eigenvalue weighted by atomic mass is 10.2. The SMILES string of the molecule is C=C(CNC(C)C)Cn1cnc2ccccc2c1=O. The quantitative estimate of drug-likeness (QED) is 0.833. The van der Waals surface area contributed by atoms with Gasteiger partial charge >= 0.3 is 0 Å². The maximum Gasteiger partial charge on any atom is 0.261 e. The van der Waals surface area contributed by atoms with E-state index in [1.165, 1.54) is 0 Å². The molecule has 0 saturated carbocycles. The fourth-order valence-corrected chi connectivity index (χ4v) is 1.86. The van der Waals surface area contributed by atoms with Crippen LogP contribution in [0.4, 0.5) is 0 Å². The van der Waals surface area contributed by atoms with Gasteiger partial charge in [-0.15, -0.1) is 0 Å². The second kappa shape index (κ2) is 5.80. The van der Waals surface area contributed by atoms with Crippen molar-refractivity contribution in [3.05, 3.63) is 53.1 Å². The summed E-state index contributed by atoms with van der Waals surface area (Å²) in [7, 11) is 0. The van der Waals surface area contributed by atoms with E-state index in [0.717, 1.165) is 11.1 Å². The lowest BCUT2D eigenvalue weighted by molar-refractivity contribution is 0.599. The third-order valence-corrected chi connectivity index (χ3v) is 2.89. The first-order valence-corrected chi connectivity index (χ1v) is 6.42. The predicted molar refractivity (Wildman–Crippen MR) is 78.3 cm³/mol. The van der Waals surface area contributed by atoms with Crippen LogP contribution in [0.1, 0.15) is 13.8 Å². The standard InChI is InChI=1S/C15H19N3O/c1-11(2)16-8-12(3)9-18-10-17-14-7-5-4-6-13(14)15(18)19/h4-7,10-11,16H,3,8-9H2,1-2H3. The molecule has 0 aliphatic rings. The molecule has 0 radical (unpaired) electrons. The Labute approximate surface area is 112 Å². The summed E-state index contributed by atoms with van der Waals surface area (Å²) < 4.78 is 1.60. The molecular formula is C15H19N3O. The minimum atomic E-state index is -0.0173. The van der Waals surface area contributed by atoms with Crippen LogP contribution in [0.25, 0.3) is 10.9 Å². The average molecular weight is 257 g/mol. The van der Waals surface area contributed by atoms with E-state index >= 15 is 0 Å². The molecule has 2 rings (SSSR count). The fraction of sp³-hybridized carbons (Fsp3) is 0.333. The molecule has 19 heavy (non-hydrogen) atoms. The first-order chi connectivity index (χ1) is 9.08. The van der Waals surface area contributed by atoms with E-state index in [1.807, 2.05) is 18.2 Å². The molecule has 0 unspecified atom stereocenters. The third-order valence-electron chi connectivity index (χ3n) is 2.89. The molecule has 1 aromatic heterocycles. The van der Waals surface area contributed by atoms with Gasteiger partial charge in [-0.05, 0) is 17.7 Å². The van der Waals surface area contributed by atoms with Crippen LogP contribution >= 0.6 is 0 Å². The molecule has 4 heteroatoms. The summed E-state index contributed by atoms with van der Waals surface area (Å²) in [4.78, 5) is 16.6. The fourth-order valence-electron chi connectivity index (χ4n) is 1.86. The first kappa shape index (κ1) is 13.5. The van der Waals surface area contributed by atoms with E-state index in [9.17, 15) is 4.79 Å². The van der Waals surface area contributed by atoms with Gasteiger partial charge in [0, 0.05) is 19.1 Å². The van der Waals surface area contributed by atoms with Crippen molar-refractivity contribution >= 4 is 10.9 Å². The molecule has 0 aliphatic carbocycles. The predicted octanol–water partition coefficient (Wildman–Crippen LogP) is 1.95. The lowest BCUT2D eigenvalue weighted by Crippen LogP contribution is -2.28. The Hall–Kier alpha value is -1.94. The molecule has 1 N–H and O–H groups in total. The highest BCUT2D eigenvalue weighted by molar-refractivity contribution is 5.76. The van der Waals surface area contributed by atoms with Crippen LogP contribution in [0, 0.1) is 0 Å². The van der Waals surface area contributed by atoms with E-state index in [2.05, 4.69) is 30.7 Å². The van der Waals surface area contributed by atoms with Gasteiger partial charge < -0.3 is 5.32 Å². The summed E-state index contributed by atoms with van der Waals surface area (Å²) in [5, 5.41) is 3.93. The summed E-state index contributed by atoms with van der Waals surface area (Å²) in [5.74, 6) is 0. The van der Waals surface area contributed by atoms with Gasteiger partial charge in [0.15, 0.2) is 0 Å². The number of rotatable bonds is 5. The summed E-state index contributed by atoms with van der Waals surface area (Å²) in [6.07, 6.45) is 1.59. The zero-order valence-corrected chi connectivity index (χ0v) is 11.4. The van der Waals surface area contributed by atoms with E-state index in [0.29, 0.717) is 24.5 Å².